The number of hydrogen-bond acceptors (Lipinski definition) is 7. The quantitative estimate of drug-likeness (QED) is 0.226. The van der Waals surface area contributed by atoms with E-state index in [1.165, 1.54) is 17.1 Å². The minimum absolute atomic E-state index is 0.118. The Hall–Kier alpha value is -2.33. The van der Waals surface area contributed by atoms with Crippen molar-refractivity contribution in [2.24, 2.45) is 0 Å². The lowest BCUT2D eigenvalue weighted by Crippen LogP contribution is -2.42. The zero-order valence-electron chi connectivity index (χ0n) is 20.8. The molecular weight excluding hydrogens is 492 g/mol. The van der Waals surface area contributed by atoms with Crippen LogP contribution >= 0.6 is 23.5 Å². The van der Waals surface area contributed by atoms with E-state index >= 15 is 0 Å². The van der Waals surface area contributed by atoms with E-state index in [1.54, 1.807) is 13.2 Å². The number of H-pyrrole nitrogens is 1. The largest absolute Gasteiger partial charge is 0.493 e. The molecule has 9 heteroatoms. The second-order valence-corrected chi connectivity index (χ2v) is 11.4. The first-order valence-corrected chi connectivity index (χ1v) is 14.6. The number of rotatable bonds is 13. The van der Waals surface area contributed by atoms with Crippen LogP contribution in [0.2, 0.25) is 0 Å². The van der Waals surface area contributed by atoms with Gasteiger partial charge in [0.1, 0.15) is 11.4 Å². The van der Waals surface area contributed by atoms with Gasteiger partial charge in [0, 0.05) is 80.3 Å². The minimum atomic E-state index is -0.118. The molecule has 36 heavy (non-hydrogen) atoms. The zero-order chi connectivity index (χ0) is 25.2. The van der Waals surface area contributed by atoms with Crippen molar-refractivity contribution in [1.29, 1.82) is 0 Å². The van der Waals surface area contributed by atoms with E-state index in [0.717, 1.165) is 42.7 Å². The third kappa shape index (κ3) is 7.83. The summed E-state index contributed by atoms with van der Waals surface area (Å²) in [6.45, 7) is 5.00. The van der Waals surface area contributed by atoms with Gasteiger partial charge in [0.15, 0.2) is 0 Å². The summed E-state index contributed by atoms with van der Waals surface area (Å²) in [5.41, 5.74) is 9.37. The summed E-state index contributed by atoms with van der Waals surface area (Å²) < 4.78 is 10.9. The molecule has 1 aliphatic heterocycles. The highest BCUT2D eigenvalue weighted by Crippen LogP contribution is 2.28. The summed E-state index contributed by atoms with van der Waals surface area (Å²) in [7, 11) is 1.67. The first-order chi connectivity index (χ1) is 17.6. The number of fused-ring (bicyclic) bond motifs is 1. The highest BCUT2D eigenvalue weighted by atomic mass is 32.2. The van der Waals surface area contributed by atoms with Crippen LogP contribution in [-0.4, -0.2) is 79.0 Å². The molecule has 1 amide bonds. The van der Waals surface area contributed by atoms with E-state index in [-0.39, 0.29) is 5.91 Å². The predicted octanol–water partition coefficient (Wildman–Crippen LogP) is 4.25. The topological polar surface area (TPSA) is 92.6 Å². The van der Waals surface area contributed by atoms with Crippen LogP contribution in [-0.2, 0) is 10.5 Å². The number of thioether (sulfide) groups is 2. The van der Waals surface area contributed by atoms with E-state index < -0.39 is 0 Å². The molecule has 2 aromatic carbocycles. The molecule has 4 rings (SSSR count). The smallest absolute Gasteiger partial charge is 0.267 e. The fourth-order valence-corrected chi connectivity index (χ4v) is 6.30. The molecule has 0 spiro atoms. The SMILES string of the molecule is COCCCOc1cc(N)c2[nH]c(C(=O)NCC(CN3CCSCC3)SCc3ccccc3)cc2c1. The Bertz CT molecular complexity index is 1100. The molecule has 0 aliphatic carbocycles. The van der Waals surface area contributed by atoms with E-state index in [0.29, 0.717) is 42.1 Å². The van der Waals surface area contributed by atoms with Gasteiger partial charge in [-0.25, -0.2) is 0 Å². The van der Waals surface area contributed by atoms with Gasteiger partial charge in [0.25, 0.3) is 5.91 Å². The molecule has 1 atom stereocenters. The van der Waals surface area contributed by atoms with Gasteiger partial charge in [-0.1, -0.05) is 30.3 Å². The van der Waals surface area contributed by atoms with E-state index in [2.05, 4.69) is 39.5 Å². The Balaban J connectivity index is 1.37. The number of aromatic amines is 1. The van der Waals surface area contributed by atoms with Gasteiger partial charge in [0.2, 0.25) is 0 Å². The Morgan fingerprint density at radius 1 is 1.19 bits per heavy atom. The van der Waals surface area contributed by atoms with Gasteiger partial charge in [-0.2, -0.15) is 23.5 Å². The summed E-state index contributed by atoms with van der Waals surface area (Å²) in [6.07, 6.45) is 0.801. The van der Waals surface area contributed by atoms with Crippen molar-refractivity contribution < 1.29 is 14.3 Å². The van der Waals surface area contributed by atoms with Crippen LogP contribution in [0.1, 0.15) is 22.5 Å². The maximum atomic E-state index is 13.1. The standard InChI is InChI=1S/C27H36N4O3S2/c1-33-10-5-11-34-22-14-21-15-25(30-26(21)24(28)16-22)27(32)29-17-23(18-31-8-12-35-13-9-31)36-19-20-6-3-2-4-7-20/h2-4,6-7,14-16,23,30H,5,8-13,17-19,28H2,1H3,(H,29,32). The van der Waals surface area contributed by atoms with Crippen LogP contribution in [0.5, 0.6) is 5.75 Å². The zero-order valence-corrected chi connectivity index (χ0v) is 22.5. The molecule has 1 aromatic heterocycles. The number of anilines is 1. The van der Waals surface area contributed by atoms with Crippen LogP contribution in [0.3, 0.4) is 0 Å². The Kier molecular flexibility index (Phi) is 10.3. The average molecular weight is 529 g/mol. The molecule has 3 aromatic rings. The fourth-order valence-electron chi connectivity index (χ4n) is 4.18. The number of nitrogens with one attached hydrogen (secondary N) is 2. The third-order valence-electron chi connectivity index (χ3n) is 6.12. The predicted molar refractivity (Wildman–Crippen MR) is 152 cm³/mol. The van der Waals surface area contributed by atoms with Crippen LogP contribution in [0.4, 0.5) is 5.69 Å². The number of amides is 1. The van der Waals surface area contributed by atoms with Crippen molar-refractivity contribution in [1.82, 2.24) is 15.2 Å². The van der Waals surface area contributed by atoms with Crippen LogP contribution in [0.25, 0.3) is 10.9 Å². The molecule has 0 bridgehead atoms. The Labute approximate surface area is 221 Å². The lowest BCUT2D eigenvalue weighted by molar-refractivity contribution is 0.0948. The first-order valence-electron chi connectivity index (χ1n) is 12.4. The number of nitrogen functional groups attached to an aromatic ring is 1. The van der Waals surface area contributed by atoms with Crippen molar-refractivity contribution in [3.8, 4) is 5.75 Å². The summed E-state index contributed by atoms with van der Waals surface area (Å²) in [6, 6.07) is 16.1. The highest BCUT2D eigenvalue weighted by Gasteiger charge is 2.19. The number of carbonyl (C=O) groups excluding carboxylic acids is 1. The lowest BCUT2D eigenvalue weighted by atomic mass is 10.2. The first kappa shape index (κ1) is 26.7. The molecule has 4 N–H and O–H groups in total. The summed E-state index contributed by atoms with van der Waals surface area (Å²) in [5.74, 6) is 3.86. The van der Waals surface area contributed by atoms with Gasteiger partial charge in [0.05, 0.1) is 17.8 Å². The van der Waals surface area contributed by atoms with Crippen molar-refractivity contribution >= 4 is 46.0 Å². The second kappa shape index (κ2) is 13.8. The normalized spacial score (nSPS) is 15.1. The number of aromatic nitrogens is 1. The maximum absolute atomic E-state index is 13.1. The summed E-state index contributed by atoms with van der Waals surface area (Å²) >= 11 is 3.92. The number of ether oxygens (including phenoxy) is 2. The Morgan fingerprint density at radius 3 is 2.78 bits per heavy atom. The molecule has 7 nitrogen and oxygen atoms in total. The molecular formula is C27H36N4O3S2. The van der Waals surface area contributed by atoms with Gasteiger partial charge in [-0.15, -0.1) is 0 Å². The fraction of sp³-hybridized carbons (Fsp3) is 0.444. The van der Waals surface area contributed by atoms with Crippen LogP contribution < -0.4 is 15.8 Å². The number of benzene rings is 2. The maximum Gasteiger partial charge on any atom is 0.267 e. The number of nitrogens with two attached hydrogens (primary N) is 1. The van der Waals surface area contributed by atoms with E-state index in [9.17, 15) is 4.79 Å². The monoisotopic (exact) mass is 528 g/mol. The number of hydrogen-bond donors (Lipinski definition) is 3. The molecule has 194 valence electrons. The van der Waals surface area contributed by atoms with Gasteiger partial charge < -0.3 is 30.4 Å². The van der Waals surface area contributed by atoms with Gasteiger partial charge in [-0.05, 0) is 17.7 Å². The summed E-state index contributed by atoms with van der Waals surface area (Å²) in [5, 5.41) is 4.33. The number of methoxy groups -OCH3 is 1. The molecule has 1 aliphatic rings. The van der Waals surface area contributed by atoms with Crippen molar-refractivity contribution in [3.63, 3.8) is 0 Å². The Morgan fingerprint density at radius 2 is 2.00 bits per heavy atom. The highest BCUT2D eigenvalue weighted by molar-refractivity contribution is 7.99. The molecule has 0 saturated carbocycles. The summed E-state index contributed by atoms with van der Waals surface area (Å²) in [4.78, 5) is 18.8. The number of carbonyl (C=O) groups is 1. The minimum Gasteiger partial charge on any atom is -0.493 e. The average Bonchev–Trinajstić information content (AvgIpc) is 3.34. The molecule has 0 radical (unpaired) electrons. The molecule has 2 heterocycles. The molecule has 1 saturated heterocycles. The van der Waals surface area contributed by atoms with Gasteiger partial charge >= 0.3 is 0 Å². The second-order valence-electron chi connectivity index (χ2n) is 8.90. The lowest BCUT2D eigenvalue weighted by Gasteiger charge is -2.30. The van der Waals surface area contributed by atoms with Crippen molar-refractivity contribution in [3.05, 3.63) is 59.8 Å². The van der Waals surface area contributed by atoms with Gasteiger partial charge in [-0.3, -0.25) is 4.79 Å². The van der Waals surface area contributed by atoms with Crippen molar-refractivity contribution in [2.45, 2.75) is 17.4 Å². The van der Waals surface area contributed by atoms with Crippen LogP contribution in [0.15, 0.2) is 48.5 Å². The number of nitrogens with zero attached hydrogens (tertiary/aromatic N) is 1. The van der Waals surface area contributed by atoms with Crippen molar-refractivity contribution in [2.75, 3.05) is 63.7 Å². The van der Waals surface area contributed by atoms with Crippen LogP contribution in [0, 0.1) is 0 Å². The van der Waals surface area contributed by atoms with E-state index in [1.807, 2.05) is 41.7 Å². The molecule has 1 fully saturated rings. The molecule has 1 unspecified atom stereocenters. The third-order valence-corrected chi connectivity index (χ3v) is 8.35. The van der Waals surface area contributed by atoms with E-state index in [4.69, 9.17) is 15.2 Å².